The van der Waals surface area contributed by atoms with E-state index in [4.69, 9.17) is 16.3 Å². The average Bonchev–Trinajstić information content (AvgIpc) is 2.67. The lowest BCUT2D eigenvalue weighted by Crippen LogP contribution is -2.38. The van der Waals surface area contributed by atoms with Crippen LogP contribution in [0.5, 0.6) is 5.75 Å². The van der Waals surface area contributed by atoms with E-state index in [1.807, 2.05) is 0 Å². The number of nitrogens with one attached hydrogen (secondary N) is 1. The molecule has 1 heterocycles. The van der Waals surface area contributed by atoms with Gasteiger partial charge in [-0.2, -0.15) is 0 Å². The highest BCUT2D eigenvalue weighted by molar-refractivity contribution is 7.91. The molecule has 1 N–H and O–H groups in total. The molecule has 20 heavy (non-hydrogen) atoms. The molecule has 0 radical (unpaired) electrons. The molecule has 0 bridgehead atoms. The molecule has 1 fully saturated rings. The molecule has 0 unspecified atom stereocenters. The third kappa shape index (κ3) is 4.08. The van der Waals surface area contributed by atoms with E-state index in [1.54, 1.807) is 0 Å². The molecular weight excluding hydrogens is 309 g/mol. The Hall–Kier alpha value is -1.34. The molecule has 1 aromatic carbocycles. The maximum atomic E-state index is 12.8. The van der Waals surface area contributed by atoms with Crippen molar-refractivity contribution in [2.45, 2.75) is 12.5 Å². The largest absolute Gasteiger partial charge is 0.482 e. The molecule has 1 aliphatic rings. The summed E-state index contributed by atoms with van der Waals surface area (Å²) in [5.74, 6) is -0.698. The molecule has 8 heteroatoms. The second-order valence-electron chi connectivity index (χ2n) is 4.53. The van der Waals surface area contributed by atoms with Gasteiger partial charge in [0, 0.05) is 6.04 Å². The zero-order chi connectivity index (χ0) is 14.8. The number of sulfone groups is 1. The predicted octanol–water partition coefficient (Wildman–Crippen LogP) is 1.16. The van der Waals surface area contributed by atoms with Crippen LogP contribution in [0.25, 0.3) is 0 Å². The average molecular weight is 322 g/mol. The van der Waals surface area contributed by atoms with Crippen LogP contribution in [0.2, 0.25) is 5.02 Å². The van der Waals surface area contributed by atoms with Crippen LogP contribution in [0.15, 0.2) is 18.2 Å². The molecule has 0 aromatic heterocycles. The third-order valence-electron chi connectivity index (χ3n) is 2.85. The summed E-state index contributed by atoms with van der Waals surface area (Å²) >= 11 is 5.74. The number of amides is 1. The van der Waals surface area contributed by atoms with Crippen LogP contribution in [0.4, 0.5) is 4.39 Å². The minimum atomic E-state index is -3.04. The van der Waals surface area contributed by atoms with Gasteiger partial charge in [-0.3, -0.25) is 4.79 Å². The van der Waals surface area contributed by atoms with Crippen LogP contribution in [0.3, 0.4) is 0 Å². The van der Waals surface area contributed by atoms with Crippen molar-refractivity contribution in [2.24, 2.45) is 0 Å². The molecule has 1 aromatic rings. The minimum absolute atomic E-state index is 0.0456. The van der Waals surface area contributed by atoms with Crippen LogP contribution >= 0.6 is 11.6 Å². The van der Waals surface area contributed by atoms with Gasteiger partial charge in [0.25, 0.3) is 5.91 Å². The van der Waals surface area contributed by atoms with E-state index < -0.39 is 21.6 Å². The summed E-state index contributed by atoms with van der Waals surface area (Å²) in [7, 11) is -3.04. The molecule has 2 rings (SSSR count). The van der Waals surface area contributed by atoms with E-state index in [1.165, 1.54) is 12.1 Å². The normalized spacial score (nSPS) is 20.6. The lowest BCUT2D eigenvalue weighted by molar-refractivity contribution is -0.123. The molecule has 110 valence electrons. The Bertz CT molecular complexity index is 620. The van der Waals surface area contributed by atoms with Gasteiger partial charge in [0.2, 0.25) is 0 Å². The minimum Gasteiger partial charge on any atom is -0.482 e. The van der Waals surface area contributed by atoms with Crippen LogP contribution in [-0.2, 0) is 14.6 Å². The molecular formula is C12H13ClFNO4S. The number of carbonyl (C=O) groups excluding carboxylic acids is 1. The van der Waals surface area contributed by atoms with Gasteiger partial charge in [-0.05, 0) is 24.6 Å². The first-order chi connectivity index (χ1) is 9.35. The van der Waals surface area contributed by atoms with E-state index >= 15 is 0 Å². The first-order valence-electron chi connectivity index (χ1n) is 5.93. The topological polar surface area (TPSA) is 72.5 Å². The second kappa shape index (κ2) is 5.97. The van der Waals surface area contributed by atoms with E-state index in [0.29, 0.717) is 6.42 Å². The second-order valence-corrected chi connectivity index (χ2v) is 7.17. The fourth-order valence-corrected chi connectivity index (χ4v) is 3.81. The molecule has 0 spiro atoms. The van der Waals surface area contributed by atoms with E-state index in [0.717, 1.165) is 6.07 Å². The van der Waals surface area contributed by atoms with E-state index in [2.05, 4.69) is 5.32 Å². The smallest absolute Gasteiger partial charge is 0.258 e. The summed E-state index contributed by atoms with van der Waals surface area (Å²) in [5.41, 5.74) is 0. The lowest BCUT2D eigenvalue weighted by Gasteiger charge is -2.12. The number of hydrogen-bond acceptors (Lipinski definition) is 4. The fraction of sp³-hybridized carbons (Fsp3) is 0.417. The Labute approximate surface area is 121 Å². The van der Waals surface area contributed by atoms with E-state index in [-0.39, 0.29) is 34.9 Å². The summed E-state index contributed by atoms with van der Waals surface area (Å²) in [5, 5.41) is 2.65. The summed E-state index contributed by atoms with van der Waals surface area (Å²) in [6.45, 7) is -0.304. The maximum Gasteiger partial charge on any atom is 0.258 e. The molecule has 1 saturated heterocycles. The number of ether oxygens (including phenoxy) is 1. The Morgan fingerprint density at radius 3 is 2.85 bits per heavy atom. The highest BCUT2D eigenvalue weighted by Gasteiger charge is 2.28. The van der Waals surface area contributed by atoms with Crippen molar-refractivity contribution in [3.05, 3.63) is 29.0 Å². The van der Waals surface area contributed by atoms with Crippen LogP contribution in [0, 0.1) is 5.82 Å². The summed E-state index contributed by atoms with van der Waals surface area (Å²) in [6, 6.07) is 3.20. The predicted molar refractivity (Wildman–Crippen MR) is 72.1 cm³/mol. The van der Waals surface area contributed by atoms with Crippen LogP contribution in [-0.4, -0.2) is 38.5 Å². The van der Waals surface area contributed by atoms with Gasteiger partial charge in [0.15, 0.2) is 16.4 Å². The van der Waals surface area contributed by atoms with Crippen molar-refractivity contribution < 1.29 is 22.3 Å². The Kier molecular flexibility index (Phi) is 4.49. The van der Waals surface area contributed by atoms with Crippen LogP contribution in [0.1, 0.15) is 6.42 Å². The Balaban J connectivity index is 1.84. The van der Waals surface area contributed by atoms with Gasteiger partial charge in [-0.1, -0.05) is 11.6 Å². The van der Waals surface area contributed by atoms with Crippen molar-refractivity contribution in [2.75, 3.05) is 18.1 Å². The Morgan fingerprint density at radius 1 is 1.50 bits per heavy atom. The zero-order valence-corrected chi connectivity index (χ0v) is 12.0. The molecule has 0 saturated carbocycles. The number of benzene rings is 1. The Morgan fingerprint density at radius 2 is 2.25 bits per heavy atom. The monoisotopic (exact) mass is 321 g/mol. The third-order valence-corrected chi connectivity index (χ3v) is 4.91. The van der Waals surface area contributed by atoms with Crippen LogP contribution < -0.4 is 10.1 Å². The molecule has 5 nitrogen and oxygen atoms in total. The fourth-order valence-electron chi connectivity index (χ4n) is 1.91. The first kappa shape index (κ1) is 15.1. The van der Waals surface area contributed by atoms with Crippen molar-refractivity contribution in [3.63, 3.8) is 0 Å². The number of carbonyl (C=O) groups is 1. The standard InChI is InChI=1S/C12H13ClFNO4S/c13-10-5-8(14)1-2-11(10)19-6-12(16)15-9-3-4-20(17,18)7-9/h1-2,5,9H,3-4,6-7H2,(H,15,16)/t9-/m0/s1. The van der Waals surface area contributed by atoms with Crippen molar-refractivity contribution in [1.29, 1.82) is 0 Å². The number of halogens is 2. The molecule has 1 atom stereocenters. The molecule has 1 aliphatic heterocycles. The van der Waals surface area contributed by atoms with Gasteiger partial charge in [0.05, 0.1) is 16.5 Å². The summed E-state index contributed by atoms with van der Waals surface area (Å²) in [6.07, 6.45) is 0.408. The number of hydrogen-bond donors (Lipinski definition) is 1. The number of rotatable bonds is 4. The summed E-state index contributed by atoms with van der Waals surface area (Å²) in [4.78, 5) is 11.6. The lowest BCUT2D eigenvalue weighted by atomic mass is 10.2. The highest BCUT2D eigenvalue weighted by Crippen LogP contribution is 2.24. The van der Waals surface area contributed by atoms with Gasteiger partial charge >= 0.3 is 0 Å². The van der Waals surface area contributed by atoms with Gasteiger partial charge in [-0.15, -0.1) is 0 Å². The van der Waals surface area contributed by atoms with Crippen molar-refractivity contribution in [3.8, 4) is 5.75 Å². The van der Waals surface area contributed by atoms with E-state index in [9.17, 15) is 17.6 Å². The zero-order valence-electron chi connectivity index (χ0n) is 10.4. The highest BCUT2D eigenvalue weighted by atomic mass is 35.5. The first-order valence-corrected chi connectivity index (χ1v) is 8.13. The molecule has 0 aliphatic carbocycles. The molecule has 1 amide bonds. The summed E-state index contributed by atoms with van der Waals surface area (Å²) < 4.78 is 40.5. The SMILES string of the molecule is O=C(COc1ccc(F)cc1Cl)N[C@H]1CCS(=O)(=O)C1. The quantitative estimate of drug-likeness (QED) is 0.903. The van der Waals surface area contributed by atoms with Gasteiger partial charge in [-0.25, -0.2) is 12.8 Å². The van der Waals surface area contributed by atoms with Crippen molar-refractivity contribution >= 4 is 27.3 Å². The van der Waals surface area contributed by atoms with Crippen molar-refractivity contribution in [1.82, 2.24) is 5.32 Å². The van der Waals surface area contributed by atoms with Gasteiger partial charge < -0.3 is 10.1 Å². The van der Waals surface area contributed by atoms with Gasteiger partial charge in [0.1, 0.15) is 11.6 Å². The maximum absolute atomic E-state index is 12.8.